The third kappa shape index (κ3) is 11.9. The maximum Gasteiger partial charge on any atom is 0.406 e. The highest BCUT2D eigenvalue weighted by molar-refractivity contribution is 5.95. The van der Waals surface area contributed by atoms with Crippen molar-refractivity contribution in [2.45, 2.75) is 127 Å². The number of piperazine rings is 1. The number of fused-ring (bicyclic) bond motifs is 7. The highest BCUT2D eigenvalue weighted by atomic mass is 19.4. The molecule has 1 aliphatic carbocycles. The van der Waals surface area contributed by atoms with Crippen LogP contribution in [-0.2, 0) is 51.1 Å². The molecule has 8 aliphatic heterocycles. The van der Waals surface area contributed by atoms with Gasteiger partial charge in [-0.15, -0.1) is 0 Å². The van der Waals surface area contributed by atoms with E-state index in [-0.39, 0.29) is 55.3 Å². The van der Waals surface area contributed by atoms with Gasteiger partial charge in [0.15, 0.2) is 0 Å². The zero-order valence-corrected chi connectivity index (χ0v) is 47.4. The molecule has 2 unspecified atom stereocenters. The Hall–Kier alpha value is -5.20. The molecule has 1 saturated carbocycles. The van der Waals surface area contributed by atoms with E-state index in [0.717, 1.165) is 62.1 Å². The number of methoxy groups -OCH3 is 1. The molecule has 440 valence electrons. The summed E-state index contributed by atoms with van der Waals surface area (Å²) in [6, 6.07) is 5.34. The number of pyridine rings is 1. The Labute approximate surface area is 472 Å². The second-order valence-corrected chi connectivity index (χ2v) is 25.2. The van der Waals surface area contributed by atoms with Crippen molar-refractivity contribution >= 4 is 45.9 Å². The van der Waals surface area contributed by atoms with Crippen LogP contribution in [0.2, 0.25) is 0 Å². The topological polar surface area (TPSA) is 188 Å². The van der Waals surface area contributed by atoms with Gasteiger partial charge in [0.25, 0.3) is 5.91 Å². The van der Waals surface area contributed by atoms with Crippen LogP contribution in [0.3, 0.4) is 0 Å². The molecule has 81 heavy (non-hydrogen) atoms. The first-order chi connectivity index (χ1) is 38.9. The summed E-state index contributed by atoms with van der Waals surface area (Å²) in [5.74, 6) is -0.964. The number of carbonyl (C=O) groups is 4. The Morgan fingerprint density at radius 1 is 0.975 bits per heavy atom. The maximum absolute atomic E-state index is 15.3. The van der Waals surface area contributed by atoms with Gasteiger partial charge in [-0.25, -0.2) is 5.43 Å². The second kappa shape index (κ2) is 22.8. The first-order valence-electron chi connectivity index (χ1n) is 29.6. The van der Waals surface area contributed by atoms with E-state index in [1.54, 1.807) is 19.4 Å². The average Bonchev–Trinajstić information content (AvgIpc) is 3.57. The van der Waals surface area contributed by atoms with E-state index in [1.165, 1.54) is 9.58 Å². The lowest BCUT2D eigenvalue weighted by Crippen LogP contribution is -2.73. The molecule has 2 aromatic heterocycles. The van der Waals surface area contributed by atoms with Crippen molar-refractivity contribution in [2.24, 2.45) is 11.3 Å². The van der Waals surface area contributed by atoms with Crippen molar-refractivity contribution in [3.63, 3.8) is 0 Å². The molecule has 12 rings (SSSR count). The van der Waals surface area contributed by atoms with E-state index in [2.05, 4.69) is 41.7 Å². The fourth-order valence-corrected chi connectivity index (χ4v) is 14.3. The first-order valence-corrected chi connectivity index (χ1v) is 29.6. The number of amides is 3. The zero-order chi connectivity index (χ0) is 56.4. The summed E-state index contributed by atoms with van der Waals surface area (Å²) in [6.07, 6.45) is 4.36. The molecule has 6 bridgehead atoms. The van der Waals surface area contributed by atoms with Crippen LogP contribution in [0.25, 0.3) is 27.7 Å². The van der Waals surface area contributed by atoms with Gasteiger partial charge in [-0.05, 0) is 86.3 Å². The summed E-state index contributed by atoms with van der Waals surface area (Å²) in [7, 11) is 1.57. The number of esters is 1. The molecule has 7 fully saturated rings. The molecule has 10 heterocycles. The van der Waals surface area contributed by atoms with E-state index < -0.39 is 53.9 Å². The van der Waals surface area contributed by atoms with Gasteiger partial charge in [0, 0.05) is 101 Å². The number of carbonyl (C=O) groups excluding carboxylic acids is 4. The maximum atomic E-state index is 15.3. The molecule has 1 aromatic carbocycles. The van der Waals surface area contributed by atoms with E-state index >= 15 is 22.8 Å². The zero-order valence-electron chi connectivity index (χ0n) is 47.4. The second-order valence-electron chi connectivity index (χ2n) is 25.2. The smallest absolute Gasteiger partial charge is 0.406 e. The van der Waals surface area contributed by atoms with Crippen LogP contribution in [0.1, 0.15) is 88.6 Å². The van der Waals surface area contributed by atoms with E-state index in [1.807, 2.05) is 43.9 Å². The Morgan fingerprint density at radius 2 is 1.79 bits per heavy atom. The molecule has 9 aliphatic rings. The number of alkyl halides is 3. The number of benzene rings is 1. The monoisotopic (exact) mass is 1130 g/mol. The van der Waals surface area contributed by atoms with Crippen LogP contribution >= 0.6 is 0 Å². The van der Waals surface area contributed by atoms with Gasteiger partial charge < -0.3 is 43.9 Å². The summed E-state index contributed by atoms with van der Waals surface area (Å²) in [5.41, 5.74) is 6.95. The van der Waals surface area contributed by atoms with Gasteiger partial charge in [-0.2, -0.15) is 13.2 Å². The Balaban J connectivity index is 0.902. The van der Waals surface area contributed by atoms with Crippen molar-refractivity contribution in [1.29, 1.82) is 0 Å². The third-order valence-electron chi connectivity index (χ3n) is 18.6. The minimum atomic E-state index is -4.60. The molecule has 3 N–H and O–H groups in total. The van der Waals surface area contributed by atoms with E-state index in [4.69, 9.17) is 23.9 Å². The Morgan fingerprint density at radius 3 is 2.57 bits per heavy atom. The minimum absolute atomic E-state index is 0.0629. The summed E-state index contributed by atoms with van der Waals surface area (Å²) >= 11 is 0. The fourth-order valence-electron chi connectivity index (χ4n) is 14.3. The van der Waals surface area contributed by atoms with Gasteiger partial charge in [0.1, 0.15) is 24.2 Å². The van der Waals surface area contributed by atoms with E-state index in [9.17, 15) is 9.59 Å². The van der Waals surface area contributed by atoms with Crippen LogP contribution in [0.5, 0.6) is 0 Å². The normalized spacial score (nSPS) is 28.4. The molecule has 7 atom stereocenters. The summed E-state index contributed by atoms with van der Waals surface area (Å²) in [5, 5.41) is 8.53. The minimum Gasteiger partial charge on any atom is -0.464 e. The number of anilines is 1. The number of rotatable bonds is 10. The number of halogens is 3. The molecule has 22 heteroatoms. The van der Waals surface area contributed by atoms with Crippen LogP contribution < -0.4 is 21.0 Å². The number of nitrogens with one attached hydrogen (secondary N) is 3. The number of aromatic nitrogens is 2. The molecule has 19 nitrogen and oxygen atoms in total. The highest BCUT2D eigenvalue weighted by Gasteiger charge is 2.53. The molecule has 1 spiro atoms. The summed E-state index contributed by atoms with van der Waals surface area (Å²) < 4.78 is 71.6. The number of nitrogens with zero attached hydrogens (tertiary/aromatic N) is 8. The van der Waals surface area contributed by atoms with Crippen molar-refractivity contribution in [2.75, 3.05) is 124 Å². The van der Waals surface area contributed by atoms with Crippen LogP contribution in [-0.4, -0.2) is 218 Å². The lowest BCUT2D eigenvalue weighted by atomic mass is 9.84. The van der Waals surface area contributed by atoms with Crippen molar-refractivity contribution in [3.05, 3.63) is 53.4 Å². The largest absolute Gasteiger partial charge is 0.464 e. The number of morpholine rings is 2. The first kappa shape index (κ1) is 56.3. The number of hydrazine groups is 1. The van der Waals surface area contributed by atoms with Gasteiger partial charge in [-0.1, -0.05) is 38.8 Å². The molecular weight excluding hydrogens is 1050 g/mol. The fraction of sp³-hybridized carbons (Fsp3) is 0.678. The predicted octanol–water partition coefficient (Wildman–Crippen LogP) is 4.13. The van der Waals surface area contributed by atoms with Crippen LogP contribution in [0.4, 0.5) is 18.9 Å². The lowest BCUT2D eigenvalue weighted by molar-refractivity contribution is -0.197. The lowest BCUT2D eigenvalue weighted by Gasteiger charge is -2.55. The molecular formula is C59H80F3N11O8. The van der Waals surface area contributed by atoms with Crippen LogP contribution in [0.15, 0.2) is 36.5 Å². The number of hydrogen-bond donors (Lipinski definition) is 3. The van der Waals surface area contributed by atoms with Crippen molar-refractivity contribution in [3.8, 4) is 11.3 Å². The molecule has 3 aromatic rings. The summed E-state index contributed by atoms with van der Waals surface area (Å²) in [6.45, 7) is 13.4. The number of hydrogen-bond acceptors (Lipinski definition) is 15. The number of ether oxygens (including phenoxy) is 4. The number of likely N-dealkylation sites (tertiary alicyclic amines) is 1. The average molecular weight is 1130 g/mol. The van der Waals surface area contributed by atoms with Gasteiger partial charge in [-0.3, -0.25) is 43.9 Å². The quantitative estimate of drug-likeness (QED) is 0.194. The van der Waals surface area contributed by atoms with Crippen LogP contribution in [0, 0.1) is 11.3 Å². The molecule has 0 radical (unpaired) electrons. The van der Waals surface area contributed by atoms with Crippen molar-refractivity contribution < 1.29 is 51.3 Å². The predicted molar refractivity (Wildman–Crippen MR) is 297 cm³/mol. The Kier molecular flexibility index (Phi) is 15.8. The summed E-state index contributed by atoms with van der Waals surface area (Å²) in [4.78, 5) is 73.5. The van der Waals surface area contributed by atoms with Gasteiger partial charge in [0.2, 0.25) is 11.8 Å². The Bertz CT molecular complexity index is 2900. The van der Waals surface area contributed by atoms with Crippen molar-refractivity contribution in [1.82, 2.24) is 50.2 Å². The van der Waals surface area contributed by atoms with Gasteiger partial charge in [0.05, 0.1) is 87.0 Å². The van der Waals surface area contributed by atoms with E-state index in [0.29, 0.717) is 131 Å². The number of cyclic esters (lactones) is 1. The van der Waals surface area contributed by atoms with Gasteiger partial charge >= 0.3 is 12.1 Å². The third-order valence-corrected chi connectivity index (χ3v) is 18.6. The SMILES string of the molecule is CO[C@@H](C)c1ncc(N2CCN3CCOC[C@@H]3C2)cc1-c1c2c3cc(ccc3n1CC(F)(F)F)C1=CCCN(C1)C[C@H](NC(=O)C(C1CCCC1)N1CCOC3(CN(C(=O)[C@H]4CN4)C3)C1)C(=O)N1CCC[C@H](N1)C(=O)OCC(C)(C)C2. The molecule has 6 saturated heterocycles. The standard InChI is InChI=1S/C59H80F3N11O8/c1-37(78-4)50-44(24-41(26-64-50)69-18-17-68-19-21-79-31-42(68)29-69)52-45-25-57(2,3)36-80-56(77)46-12-8-16-73(66-46)55(76)48(30-67-15-7-11-40(28-67)39-13-14-49(43(45)23-39)72(52)35-59(60,61)62)65-53(74)51(38-9-5-6-10-38)70-20-22-81-58(32-70)33-71(34-58)54(75)47-27-63-47/h11,13-14,23-24,26,37-38,42,46-48,51,63,66H,5-10,12,15-22,25,27-36H2,1-4H3,(H,65,74)/t37-,42-,46-,47+,48-,51?/m0/s1. The highest BCUT2D eigenvalue weighted by Crippen LogP contribution is 2.45. The molecule has 3 amide bonds.